The lowest BCUT2D eigenvalue weighted by Crippen LogP contribution is -2.42. The molecule has 1 aromatic carbocycles. The van der Waals surface area contributed by atoms with Crippen molar-refractivity contribution in [3.05, 3.63) is 33.8 Å². The first-order chi connectivity index (χ1) is 10.7. The van der Waals surface area contributed by atoms with Crippen LogP contribution in [0.4, 0.5) is 0 Å². The first-order valence-corrected chi connectivity index (χ1v) is 10.2. The van der Waals surface area contributed by atoms with Gasteiger partial charge in [-0.2, -0.15) is 0 Å². The number of nitrogens with zero attached hydrogens (tertiary/aromatic N) is 1. The number of rotatable bonds is 7. The second-order valence-corrected chi connectivity index (χ2v) is 8.50. The van der Waals surface area contributed by atoms with Gasteiger partial charge in [0, 0.05) is 28.9 Å². The topological polar surface area (TPSA) is 70.6 Å². The molecule has 0 bridgehead atoms. The third-order valence-electron chi connectivity index (χ3n) is 3.07. The summed E-state index contributed by atoms with van der Waals surface area (Å²) in [6.45, 7) is 5.00. The van der Waals surface area contributed by atoms with Crippen LogP contribution in [0, 0.1) is 0 Å². The quantitative estimate of drug-likeness (QED) is 0.564. The fraction of sp³-hybridized carbons (Fsp3) is 0.533. The van der Waals surface area contributed by atoms with E-state index in [4.69, 9.17) is 23.2 Å². The van der Waals surface area contributed by atoms with E-state index in [9.17, 15) is 8.42 Å². The Balaban J connectivity index is 2.69. The van der Waals surface area contributed by atoms with Crippen LogP contribution in [0.5, 0.6) is 0 Å². The summed E-state index contributed by atoms with van der Waals surface area (Å²) in [5.74, 6) is 0.767. The molecule has 0 spiro atoms. The fourth-order valence-corrected chi connectivity index (χ4v) is 3.08. The third kappa shape index (κ3) is 8.44. The van der Waals surface area contributed by atoms with Crippen molar-refractivity contribution >= 4 is 39.0 Å². The Morgan fingerprint density at radius 1 is 1.35 bits per heavy atom. The molecule has 0 saturated heterocycles. The van der Waals surface area contributed by atoms with Crippen molar-refractivity contribution < 1.29 is 8.42 Å². The number of benzene rings is 1. The molecule has 8 heteroatoms. The van der Waals surface area contributed by atoms with Gasteiger partial charge in [-0.25, -0.2) is 13.4 Å². The van der Waals surface area contributed by atoms with E-state index in [0.29, 0.717) is 35.5 Å². The maximum Gasteiger partial charge on any atom is 0.191 e. The molecule has 0 aliphatic carbocycles. The number of sulfone groups is 1. The molecule has 1 unspecified atom stereocenters. The van der Waals surface area contributed by atoms with Crippen LogP contribution in [-0.4, -0.2) is 39.0 Å². The Bertz CT molecular complexity index is 648. The van der Waals surface area contributed by atoms with Crippen molar-refractivity contribution in [1.29, 1.82) is 0 Å². The molecule has 0 aromatic heterocycles. The molecular formula is C15H23Cl2N3O2S. The van der Waals surface area contributed by atoms with Gasteiger partial charge in [0.05, 0.1) is 12.3 Å². The molecule has 1 aromatic rings. The van der Waals surface area contributed by atoms with Crippen LogP contribution in [0.3, 0.4) is 0 Å². The number of nitrogens with one attached hydrogen (secondary N) is 2. The van der Waals surface area contributed by atoms with Crippen molar-refractivity contribution in [1.82, 2.24) is 10.6 Å². The zero-order valence-corrected chi connectivity index (χ0v) is 15.9. The summed E-state index contributed by atoms with van der Waals surface area (Å²) in [6, 6.07) is 5.28. The lowest BCUT2D eigenvalue weighted by molar-refractivity contribution is 0.581. The first kappa shape index (κ1) is 20.1. The molecule has 0 heterocycles. The van der Waals surface area contributed by atoms with Gasteiger partial charge in [0.15, 0.2) is 5.96 Å². The second-order valence-electron chi connectivity index (χ2n) is 5.39. The zero-order valence-electron chi connectivity index (χ0n) is 13.6. The van der Waals surface area contributed by atoms with Gasteiger partial charge in [-0.1, -0.05) is 29.3 Å². The van der Waals surface area contributed by atoms with Gasteiger partial charge in [-0.15, -0.1) is 0 Å². The van der Waals surface area contributed by atoms with Crippen LogP contribution in [-0.2, 0) is 16.4 Å². The molecule has 0 saturated carbocycles. The van der Waals surface area contributed by atoms with Crippen LogP contribution >= 0.6 is 23.2 Å². The van der Waals surface area contributed by atoms with Crippen molar-refractivity contribution in [2.45, 2.75) is 32.9 Å². The van der Waals surface area contributed by atoms with Gasteiger partial charge < -0.3 is 10.6 Å². The molecule has 23 heavy (non-hydrogen) atoms. The van der Waals surface area contributed by atoms with Gasteiger partial charge in [0.1, 0.15) is 9.84 Å². The van der Waals surface area contributed by atoms with Gasteiger partial charge in [0.25, 0.3) is 0 Å². The summed E-state index contributed by atoms with van der Waals surface area (Å²) in [6.07, 6.45) is 1.76. The normalized spacial score (nSPS) is 13.7. The SMILES string of the molecule is CCNC(=NCc1ccc(Cl)cc1Cl)NC(C)CCS(C)(=O)=O. The minimum Gasteiger partial charge on any atom is -0.357 e. The molecule has 0 amide bonds. The van der Waals surface area contributed by atoms with Crippen molar-refractivity contribution in [2.75, 3.05) is 18.6 Å². The summed E-state index contributed by atoms with van der Waals surface area (Å²) >= 11 is 12.0. The summed E-state index contributed by atoms with van der Waals surface area (Å²) in [7, 11) is -2.96. The molecule has 0 aliphatic heterocycles. The number of aliphatic imine (C=N–C) groups is 1. The van der Waals surface area contributed by atoms with E-state index in [-0.39, 0.29) is 11.8 Å². The average molecular weight is 380 g/mol. The maximum atomic E-state index is 11.2. The van der Waals surface area contributed by atoms with E-state index < -0.39 is 9.84 Å². The minimum absolute atomic E-state index is 0.0109. The number of halogens is 2. The van der Waals surface area contributed by atoms with Gasteiger partial charge in [0.2, 0.25) is 0 Å². The lowest BCUT2D eigenvalue weighted by atomic mass is 10.2. The molecule has 0 radical (unpaired) electrons. The largest absolute Gasteiger partial charge is 0.357 e. The second kappa shape index (κ2) is 9.35. The van der Waals surface area contributed by atoms with Crippen LogP contribution in [0.15, 0.2) is 23.2 Å². The highest BCUT2D eigenvalue weighted by atomic mass is 35.5. The lowest BCUT2D eigenvalue weighted by Gasteiger charge is -2.17. The van der Waals surface area contributed by atoms with E-state index in [2.05, 4.69) is 15.6 Å². The van der Waals surface area contributed by atoms with E-state index >= 15 is 0 Å². The molecule has 0 fully saturated rings. The molecule has 1 atom stereocenters. The average Bonchev–Trinajstić information content (AvgIpc) is 2.43. The van der Waals surface area contributed by atoms with Crippen LogP contribution in [0.1, 0.15) is 25.8 Å². The van der Waals surface area contributed by atoms with Gasteiger partial charge in [-0.3, -0.25) is 0 Å². The maximum absolute atomic E-state index is 11.2. The monoisotopic (exact) mass is 379 g/mol. The minimum atomic E-state index is -2.96. The Kier molecular flexibility index (Phi) is 8.16. The zero-order chi connectivity index (χ0) is 17.5. The standard InChI is InChI=1S/C15H23Cl2N3O2S/c1-4-18-15(20-11(2)7-8-23(3,21)22)19-10-12-5-6-13(16)9-14(12)17/h5-6,9,11H,4,7-8,10H2,1-3H3,(H2,18,19,20). The Morgan fingerprint density at radius 3 is 2.61 bits per heavy atom. The molecule has 1 rings (SSSR count). The van der Waals surface area contributed by atoms with E-state index in [0.717, 1.165) is 5.56 Å². The molecule has 2 N–H and O–H groups in total. The Labute approximate surface area is 148 Å². The summed E-state index contributed by atoms with van der Waals surface area (Å²) < 4.78 is 22.4. The fourth-order valence-electron chi connectivity index (χ4n) is 1.83. The van der Waals surface area contributed by atoms with Gasteiger partial charge >= 0.3 is 0 Å². The van der Waals surface area contributed by atoms with Crippen molar-refractivity contribution in [3.63, 3.8) is 0 Å². The third-order valence-corrected chi connectivity index (χ3v) is 4.64. The summed E-state index contributed by atoms with van der Waals surface area (Å²) in [4.78, 5) is 4.48. The molecule has 130 valence electrons. The number of hydrogen-bond donors (Lipinski definition) is 2. The highest BCUT2D eigenvalue weighted by Gasteiger charge is 2.09. The highest BCUT2D eigenvalue weighted by molar-refractivity contribution is 7.90. The van der Waals surface area contributed by atoms with E-state index in [1.807, 2.05) is 19.9 Å². The van der Waals surface area contributed by atoms with Crippen LogP contribution in [0.2, 0.25) is 10.0 Å². The Hall–Kier alpha value is -0.980. The first-order valence-electron chi connectivity index (χ1n) is 7.37. The Morgan fingerprint density at radius 2 is 2.04 bits per heavy atom. The molecule has 5 nitrogen and oxygen atoms in total. The molecule has 0 aliphatic rings. The van der Waals surface area contributed by atoms with Crippen LogP contribution in [0.25, 0.3) is 0 Å². The predicted octanol–water partition coefficient (Wildman–Crippen LogP) is 2.87. The van der Waals surface area contributed by atoms with Gasteiger partial charge in [-0.05, 0) is 38.0 Å². The number of hydrogen-bond acceptors (Lipinski definition) is 3. The van der Waals surface area contributed by atoms with Crippen LogP contribution < -0.4 is 10.6 Å². The summed E-state index contributed by atoms with van der Waals surface area (Å²) in [5, 5.41) is 7.49. The highest BCUT2D eigenvalue weighted by Crippen LogP contribution is 2.21. The van der Waals surface area contributed by atoms with E-state index in [1.165, 1.54) is 6.26 Å². The predicted molar refractivity (Wildman–Crippen MR) is 98.2 cm³/mol. The summed E-state index contributed by atoms with van der Waals surface area (Å²) in [5.41, 5.74) is 0.872. The number of guanidine groups is 1. The molecular weight excluding hydrogens is 357 g/mol. The van der Waals surface area contributed by atoms with Crippen molar-refractivity contribution in [2.24, 2.45) is 4.99 Å². The van der Waals surface area contributed by atoms with Crippen molar-refractivity contribution in [3.8, 4) is 0 Å². The van der Waals surface area contributed by atoms with E-state index in [1.54, 1.807) is 12.1 Å². The smallest absolute Gasteiger partial charge is 0.191 e.